The molecule has 10 heteroatoms. The van der Waals surface area contributed by atoms with Crippen molar-refractivity contribution in [1.29, 1.82) is 0 Å². The number of benzene rings is 2. The largest absolute Gasteiger partial charge is 0.452 e. The summed E-state index contributed by atoms with van der Waals surface area (Å²) in [6, 6.07) is 9.30. The second-order valence-electron chi connectivity index (χ2n) is 6.60. The molecule has 0 aliphatic carbocycles. The van der Waals surface area contributed by atoms with Crippen LogP contribution in [0.25, 0.3) is 0 Å². The van der Waals surface area contributed by atoms with Gasteiger partial charge < -0.3 is 10.1 Å². The van der Waals surface area contributed by atoms with Gasteiger partial charge in [-0.3, -0.25) is 19.3 Å². The lowest BCUT2D eigenvalue weighted by Crippen LogP contribution is -2.47. The zero-order chi connectivity index (χ0) is 22.1. The second-order valence-corrected chi connectivity index (χ2v) is 7.01. The van der Waals surface area contributed by atoms with Crippen LogP contribution in [0.2, 0.25) is 5.02 Å². The third-order valence-electron chi connectivity index (χ3n) is 4.41. The Morgan fingerprint density at radius 2 is 1.93 bits per heavy atom. The average Bonchev–Trinajstić information content (AvgIpc) is 2.67. The van der Waals surface area contributed by atoms with Crippen LogP contribution in [0.15, 0.2) is 42.5 Å². The Balaban J connectivity index is 1.75. The van der Waals surface area contributed by atoms with E-state index in [1.165, 1.54) is 6.92 Å². The minimum Gasteiger partial charge on any atom is -0.452 e. The van der Waals surface area contributed by atoms with E-state index in [0.717, 1.165) is 23.1 Å². The molecule has 0 fully saturated rings. The minimum absolute atomic E-state index is 0.0848. The van der Waals surface area contributed by atoms with Crippen molar-refractivity contribution >= 4 is 40.8 Å². The molecule has 2 aromatic rings. The van der Waals surface area contributed by atoms with E-state index in [4.69, 9.17) is 16.3 Å². The summed E-state index contributed by atoms with van der Waals surface area (Å²) in [7, 11) is 0. The maximum atomic E-state index is 12.9. The van der Waals surface area contributed by atoms with Gasteiger partial charge in [-0.1, -0.05) is 29.8 Å². The fourth-order valence-corrected chi connectivity index (χ4v) is 3.17. The van der Waals surface area contributed by atoms with Crippen molar-refractivity contribution < 1.29 is 32.3 Å². The number of nitrogens with one attached hydrogen (secondary N) is 1. The summed E-state index contributed by atoms with van der Waals surface area (Å²) in [6.07, 6.45) is -6.03. The first-order valence-electron chi connectivity index (χ1n) is 8.81. The van der Waals surface area contributed by atoms with Gasteiger partial charge in [0.25, 0.3) is 5.91 Å². The number of amides is 2. The van der Waals surface area contributed by atoms with E-state index in [1.54, 1.807) is 24.3 Å². The summed E-state index contributed by atoms with van der Waals surface area (Å²) in [5.74, 6) is -2.11. The molecular formula is C20H16ClF3N2O4. The van der Waals surface area contributed by atoms with E-state index < -0.39 is 42.2 Å². The molecule has 0 saturated carbocycles. The Kier molecular flexibility index (Phi) is 6.02. The van der Waals surface area contributed by atoms with Crippen LogP contribution >= 0.6 is 11.6 Å². The van der Waals surface area contributed by atoms with Crippen molar-refractivity contribution in [3.05, 3.63) is 58.6 Å². The third-order valence-corrected chi connectivity index (χ3v) is 4.77. The Labute approximate surface area is 174 Å². The number of carbonyl (C=O) groups excluding carboxylic acids is 3. The summed E-state index contributed by atoms with van der Waals surface area (Å²) in [4.78, 5) is 37.8. The van der Waals surface area contributed by atoms with Crippen molar-refractivity contribution in [1.82, 2.24) is 0 Å². The van der Waals surface area contributed by atoms with Gasteiger partial charge in [-0.25, -0.2) is 0 Å². The highest BCUT2D eigenvalue weighted by Gasteiger charge is 2.35. The highest BCUT2D eigenvalue weighted by Crippen LogP contribution is 2.37. The molecule has 6 nitrogen and oxygen atoms in total. The number of rotatable bonds is 4. The van der Waals surface area contributed by atoms with Crippen LogP contribution in [0.1, 0.15) is 18.1 Å². The number of fused-ring (bicyclic) bond motifs is 1. The summed E-state index contributed by atoms with van der Waals surface area (Å²) in [5.41, 5.74) is -0.508. The van der Waals surface area contributed by atoms with Crippen LogP contribution in [-0.2, 0) is 31.7 Å². The number of ether oxygens (including phenoxy) is 1. The van der Waals surface area contributed by atoms with Gasteiger partial charge in [-0.2, -0.15) is 13.2 Å². The SMILES string of the molecule is CC(OC(=O)Cc1ccccc1Cl)C(=O)N1CC(=O)Nc2cc(C(F)(F)F)ccc21. The summed E-state index contributed by atoms with van der Waals surface area (Å²) in [6.45, 7) is 0.909. The van der Waals surface area contributed by atoms with E-state index in [2.05, 4.69) is 5.32 Å². The predicted molar refractivity (Wildman–Crippen MR) is 103 cm³/mol. The van der Waals surface area contributed by atoms with Crippen molar-refractivity contribution in [2.75, 3.05) is 16.8 Å². The molecule has 2 aromatic carbocycles. The Morgan fingerprint density at radius 1 is 1.23 bits per heavy atom. The maximum absolute atomic E-state index is 12.9. The number of halogens is 4. The van der Waals surface area contributed by atoms with Crippen molar-refractivity contribution in [2.24, 2.45) is 0 Å². The lowest BCUT2D eigenvalue weighted by molar-refractivity contribution is -0.153. The summed E-state index contributed by atoms with van der Waals surface area (Å²) < 4.78 is 43.9. The average molecular weight is 441 g/mol. The van der Waals surface area contributed by atoms with Crippen molar-refractivity contribution in [3.63, 3.8) is 0 Å². The first-order chi connectivity index (χ1) is 14.1. The van der Waals surface area contributed by atoms with Crippen molar-refractivity contribution in [3.8, 4) is 0 Å². The fraction of sp³-hybridized carbons (Fsp3) is 0.250. The van der Waals surface area contributed by atoms with Gasteiger partial charge in [-0.15, -0.1) is 0 Å². The zero-order valence-electron chi connectivity index (χ0n) is 15.6. The fourth-order valence-electron chi connectivity index (χ4n) is 2.97. The standard InChI is InChI=1S/C20H16ClF3N2O4/c1-11(30-18(28)8-12-4-2-3-5-14(12)21)19(29)26-10-17(27)25-15-9-13(20(22,23)24)6-7-16(15)26/h2-7,9,11H,8,10H2,1H3,(H,25,27). The van der Waals surface area contributed by atoms with Gasteiger partial charge >= 0.3 is 12.1 Å². The van der Waals surface area contributed by atoms with Crippen LogP contribution in [-0.4, -0.2) is 30.4 Å². The lowest BCUT2D eigenvalue weighted by Gasteiger charge is -2.31. The molecular weight excluding hydrogens is 425 g/mol. The van der Waals surface area contributed by atoms with E-state index in [0.29, 0.717) is 10.6 Å². The molecule has 0 radical (unpaired) electrons. The quantitative estimate of drug-likeness (QED) is 0.733. The number of hydrogen-bond acceptors (Lipinski definition) is 4. The van der Waals surface area contributed by atoms with Crippen molar-refractivity contribution in [2.45, 2.75) is 25.6 Å². The summed E-state index contributed by atoms with van der Waals surface area (Å²) in [5, 5.41) is 2.69. The van der Waals surface area contributed by atoms with Gasteiger partial charge in [0.2, 0.25) is 5.91 Å². The van der Waals surface area contributed by atoms with E-state index in [-0.39, 0.29) is 17.8 Å². The number of anilines is 2. The molecule has 1 unspecified atom stereocenters. The van der Waals surface area contributed by atoms with Crippen LogP contribution in [0.5, 0.6) is 0 Å². The molecule has 1 aliphatic heterocycles. The lowest BCUT2D eigenvalue weighted by atomic mass is 10.1. The normalized spacial score (nSPS) is 14.6. The van der Waals surface area contributed by atoms with Crippen LogP contribution in [0, 0.1) is 0 Å². The maximum Gasteiger partial charge on any atom is 0.416 e. The Morgan fingerprint density at radius 3 is 2.60 bits per heavy atom. The van der Waals surface area contributed by atoms with Gasteiger partial charge in [0.1, 0.15) is 6.54 Å². The molecule has 3 rings (SSSR count). The predicted octanol–water partition coefficient (Wildman–Crippen LogP) is 3.82. The second kappa shape index (κ2) is 8.35. The Bertz CT molecular complexity index is 1010. The molecule has 0 saturated heterocycles. The number of carbonyl (C=O) groups is 3. The Hall–Kier alpha value is -3.07. The van der Waals surface area contributed by atoms with E-state index >= 15 is 0 Å². The minimum atomic E-state index is -4.60. The monoisotopic (exact) mass is 440 g/mol. The smallest absolute Gasteiger partial charge is 0.416 e. The number of hydrogen-bond donors (Lipinski definition) is 1. The van der Waals surface area contributed by atoms with Crippen LogP contribution in [0.3, 0.4) is 0 Å². The molecule has 1 atom stereocenters. The zero-order valence-corrected chi connectivity index (χ0v) is 16.4. The van der Waals surface area contributed by atoms with Gasteiger partial charge in [-0.05, 0) is 36.8 Å². The van der Waals surface area contributed by atoms with E-state index in [9.17, 15) is 27.6 Å². The van der Waals surface area contributed by atoms with Gasteiger partial charge in [0, 0.05) is 5.02 Å². The van der Waals surface area contributed by atoms with E-state index in [1.807, 2.05) is 0 Å². The molecule has 0 bridgehead atoms. The molecule has 1 N–H and O–H groups in total. The summed E-state index contributed by atoms with van der Waals surface area (Å²) >= 11 is 6.00. The molecule has 1 aliphatic rings. The topological polar surface area (TPSA) is 75.7 Å². The molecule has 0 aromatic heterocycles. The molecule has 0 spiro atoms. The van der Waals surface area contributed by atoms with Crippen LogP contribution in [0.4, 0.5) is 24.5 Å². The molecule has 30 heavy (non-hydrogen) atoms. The third kappa shape index (κ3) is 4.73. The highest BCUT2D eigenvalue weighted by atomic mass is 35.5. The molecule has 158 valence electrons. The number of alkyl halides is 3. The number of nitrogens with zero attached hydrogens (tertiary/aromatic N) is 1. The first kappa shape index (κ1) is 21.6. The molecule has 1 heterocycles. The first-order valence-corrected chi connectivity index (χ1v) is 9.19. The van der Waals surface area contributed by atoms with Gasteiger partial charge in [0.05, 0.1) is 23.4 Å². The number of esters is 1. The van der Waals surface area contributed by atoms with Gasteiger partial charge in [0.15, 0.2) is 6.10 Å². The highest BCUT2D eigenvalue weighted by molar-refractivity contribution is 6.31. The molecule has 2 amide bonds. The van der Waals surface area contributed by atoms with Crippen LogP contribution < -0.4 is 10.2 Å².